The Kier molecular flexibility index (Phi) is 5.71. The van der Waals surface area contributed by atoms with E-state index in [9.17, 15) is 12.8 Å². The van der Waals surface area contributed by atoms with Gasteiger partial charge < -0.3 is 5.32 Å². The lowest BCUT2D eigenvalue weighted by atomic mass is 9.86. The van der Waals surface area contributed by atoms with Crippen molar-refractivity contribution < 1.29 is 12.8 Å². The molecule has 1 heterocycles. The smallest absolute Gasteiger partial charge is 0.208 e. The first-order valence-corrected chi connectivity index (χ1v) is 12.6. The summed E-state index contributed by atoms with van der Waals surface area (Å²) in [6.07, 6.45) is 8.22. The summed E-state index contributed by atoms with van der Waals surface area (Å²) < 4.78 is 38.9. The van der Waals surface area contributed by atoms with Gasteiger partial charge in [-0.05, 0) is 68.6 Å². The predicted molar refractivity (Wildman–Crippen MR) is 112 cm³/mol. The van der Waals surface area contributed by atoms with E-state index in [1.807, 2.05) is 6.07 Å². The molecule has 0 saturated heterocycles. The van der Waals surface area contributed by atoms with E-state index < -0.39 is 10.0 Å². The van der Waals surface area contributed by atoms with Gasteiger partial charge in [0.2, 0.25) is 10.0 Å². The summed E-state index contributed by atoms with van der Waals surface area (Å²) in [5.41, 5.74) is 3.05. The van der Waals surface area contributed by atoms with Gasteiger partial charge in [0.15, 0.2) is 5.13 Å². The number of sulfonamides is 1. The molecule has 1 fully saturated rings. The minimum atomic E-state index is -3.12. The summed E-state index contributed by atoms with van der Waals surface area (Å²) >= 11 is 1.69. The van der Waals surface area contributed by atoms with Crippen molar-refractivity contribution in [1.82, 2.24) is 9.71 Å². The third-order valence-corrected chi connectivity index (χ3v) is 7.42. The lowest BCUT2D eigenvalue weighted by Gasteiger charge is -2.28. The molecule has 2 N–H and O–H groups in total. The first kappa shape index (κ1) is 19.8. The molecule has 0 amide bonds. The third kappa shape index (κ3) is 4.72. The van der Waals surface area contributed by atoms with Crippen LogP contribution in [0.3, 0.4) is 0 Å². The number of thiazole rings is 1. The van der Waals surface area contributed by atoms with Crippen molar-refractivity contribution in [3.63, 3.8) is 0 Å². The van der Waals surface area contributed by atoms with Crippen LogP contribution in [0.25, 0.3) is 11.3 Å². The molecule has 0 bridgehead atoms. The molecule has 0 spiro atoms. The summed E-state index contributed by atoms with van der Waals surface area (Å²) in [5.74, 6) is 0.186. The van der Waals surface area contributed by atoms with Gasteiger partial charge >= 0.3 is 0 Å². The van der Waals surface area contributed by atoms with E-state index in [2.05, 4.69) is 10.0 Å². The molecule has 2 aliphatic rings. The molecular weight excluding hydrogens is 397 g/mol. The maximum absolute atomic E-state index is 13.8. The molecule has 8 heteroatoms. The second-order valence-electron chi connectivity index (χ2n) is 7.93. The van der Waals surface area contributed by atoms with Crippen LogP contribution in [0.4, 0.5) is 9.52 Å². The Morgan fingerprint density at radius 3 is 2.75 bits per heavy atom. The number of aryl methyl sites for hydroxylation is 2. The van der Waals surface area contributed by atoms with E-state index in [0.717, 1.165) is 61.3 Å². The molecule has 0 aliphatic heterocycles. The fourth-order valence-electron chi connectivity index (χ4n) is 4.17. The second-order valence-corrected chi connectivity index (χ2v) is 10.8. The zero-order valence-corrected chi connectivity index (χ0v) is 17.6. The molecule has 1 aromatic heterocycles. The van der Waals surface area contributed by atoms with Crippen molar-refractivity contribution in [2.24, 2.45) is 5.92 Å². The third-order valence-electron chi connectivity index (χ3n) is 5.68. The molecule has 1 saturated carbocycles. The molecule has 1 aromatic carbocycles. The standard InChI is InChI=1S/C20H26FN3O2S2/c1-28(25,26)22-12-13-5-9-16(10-6-13)23-20-24-19-17-11-15(21)8-7-14(17)3-2-4-18(19)27-20/h7-8,11,13,16,22H,2-6,9-10,12H2,1H3,(H,23,24)/t13-,16-. The molecule has 0 atom stereocenters. The maximum atomic E-state index is 13.8. The van der Waals surface area contributed by atoms with Gasteiger partial charge in [-0.25, -0.2) is 22.5 Å². The number of rotatable bonds is 5. The van der Waals surface area contributed by atoms with Gasteiger partial charge in [0.05, 0.1) is 11.9 Å². The van der Waals surface area contributed by atoms with Gasteiger partial charge in [0.25, 0.3) is 0 Å². The Labute approximate surface area is 169 Å². The molecule has 28 heavy (non-hydrogen) atoms. The highest BCUT2D eigenvalue weighted by molar-refractivity contribution is 7.88. The number of benzene rings is 1. The molecule has 2 aromatic rings. The zero-order valence-electron chi connectivity index (χ0n) is 16.0. The Balaban J connectivity index is 1.41. The molecule has 2 aliphatic carbocycles. The molecule has 0 radical (unpaired) electrons. The fourth-order valence-corrected chi connectivity index (χ4v) is 5.81. The van der Waals surface area contributed by atoms with Crippen LogP contribution in [0, 0.1) is 11.7 Å². The number of halogens is 1. The van der Waals surface area contributed by atoms with Crippen molar-refractivity contribution >= 4 is 26.5 Å². The highest BCUT2D eigenvalue weighted by atomic mass is 32.2. The number of nitrogens with zero attached hydrogens (tertiary/aromatic N) is 1. The summed E-state index contributed by atoms with van der Waals surface area (Å²) in [5, 5.41) is 4.49. The number of hydrogen-bond donors (Lipinski definition) is 2. The summed E-state index contributed by atoms with van der Waals surface area (Å²) in [6.45, 7) is 0.527. The van der Waals surface area contributed by atoms with E-state index >= 15 is 0 Å². The summed E-state index contributed by atoms with van der Waals surface area (Å²) in [6, 6.07) is 5.39. The SMILES string of the molecule is CS(=O)(=O)NC[C@H]1CC[C@H](Nc2nc3c(s2)CCCc2ccc(F)cc2-3)CC1. The number of anilines is 1. The predicted octanol–water partition coefficient (Wildman–Crippen LogP) is 3.96. The van der Waals surface area contributed by atoms with Gasteiger partial charge in [-0.1, -0.05) is 6.07 Å². The van der Waals surface area contributed by atoms with E-state index in [1.165, 1.54) is 22.8 Å². The van der Waals surface area contributed by atoms with E-state index in [1.54, 1.807) is 17.4 Å². The van der Waals surface area contributed by atoms with E-state index in [-0.39, 0.29) is 5.82 Å². The van der Waals surface area contributed by atoms with Gasteiger partial charge in [-0.15, -0.1) is 11.3 Å². The monoisotopic (exact) mass is 423 g/mol. The normalized spacial score (nSPS) is 22.2. The topological polar surface area (TPSA) is 71.1 Å². The van der Waals surface area contributed by atoms with Crippen molar-refractivity contribution in [2.75, 3.05) is 18.1 Å². The Morgan fingerprint density at radius 2 is 2.00 bits per heavy atom. The molecule has 152 valence electrons. The average molecular weight is 424 g/mol. The second kappa shape index (κ2) is 8.08. The number of nitrogens with one attached hydrogen (secondary N) is 2. The first-order valence-electron chi connectivity index (χ1n) is 9.87. The van der Waals surface area contributed by atoms with Crippen LogP contribution < -0.4 is 10.0 Å². The lowest BCUT2D eigenvalue weighted by Crippen LogP contribution is -2.33. The van der Waals surface area contributed by atoms with Crippen molar-refractivity contribution in [3.8, 4) is 11.3 Å². The van der Waals surface area contributed by atoms with Gasteiger partial charge in [-0.2, -0.15) is 0 Å². The van der Waals surface area contributed by atoms with Crippen LogP contribution >= 0.6 is 11.3 Å². The minimum absolute atomic E-state index is 0.213. The lowest BCUT2D eigenvalue weighted by molar-refractivity contribution is 0.337. The summed E-state index contributed by atoms with van der Waals surface area (Å²) in [7, 11) is -3.12. The zero-order chi connectivity index (χ0) is 19.7. The van der Waals surface area contributed by atoms with Crippen LogP contribution in [-0.4, -0.2) is 32.2 Å². The minimum Gasteiger partial charge on any atom is -0.359 e. The number of hydrogen-bond acceptors (Lipinski definition) is 5. The maximum Gasteiger partial charge on any atom is 0.208 e. The van der Waals surface area contributed by atoms with Gasteiger partial charge in [0.1, 0.15) is 5.82 Å². The number of aromatic nitrogens is 1. The largest absolute Gasteiger partial charge is 0.359 e. The van der Waals surface area contributed by atoms with Crippen LogP contribution in [0.15, 0.2) is 18.2 Å². The Bertz CT molecular complexity index is 950. The highest BCUT2D eigenvalue weighted by Crippen LogP contribution is 2.38. The van der Waals surface area contributed by atoms with Crippen LogP contribution in [0.2, 0.25) is 0 Å². The average Bonchev–Trinajstić information content (AvgIpc) is 2.96. The van der Waals surface area contributed by atoms with Crippen LogP contribution in [0.1, 0.15) is 42.5 Å². The fraction of sp³-hybridized carbons (Fsp3) is 0.550. The van der Waals surface area contributed by atoms with E-state index in [4.69, 9.17) is 4.98 Å². The molecule has 5 nitrogen and oxygen atoms in total. The number of fused-ring (bicyclic) bond motifs is 3. The highest BCUT2D eigenvalue weighted by Gasteiger charge is 2.24. The van der Waals surface area contributed by atoms with Gasteiger partial charge in [-0.3, -0.25) is 0 Å². The van der Waals surface area contributed by atoms with Crippen molar-refractivity contribution in [3.05, 3.63) is 34.5 Å². The van der Waals surface area contributed by atoms with E-state index in [0.29, 0.717) is 18.5 Å². The van der Waals surface area contributed by atoms with Crippen LogP contribution in [-0.2, 0) is 22.9 Å². The van der Waals surface area contributed by atoms with Crippen molar-refractivity contribution in [2.45, 2.75) is 51.0 Å². The molecule has 0 unspecified atom stereocenters. The van der Waals surface area contributed by atoms with Crippen molar-refractivity contribution in [1.29, 1.82) is 0 Å². The summed E-state index contributed by atoms with van der Waals surface area (Å²) in [4.78, 5) is 6.06. The molecule has 4 rings (SSSR count). The first-order chi connectivity index (χ1) is 13.4. The molecular formula is C20H26FN3O2S2. The quantitative estimate of drug-likeness (QED) is 0.764. The van der Waals surface area contributed by atoms with Gasteiger partial charge in [0, 0.05) is 23.0 Å². The van der Waals surface area contributed by atoms with Crippen LogP contribution in [0.5, 0.6) is 0 Å². The Hall–Kier alpha value is -1.51. The Morgan fingerprint density at radius 1 is 1.21 bits per heavy atom.